The van der Waals surface area contributed by atoms with Crippen molar-refractivity contribution in [3.63, 3.8) is 0 Å². The van der Waals surface area contributed by atoms with E-state index in [-0.39, 0.29) is 5.84 Å². The van der Waals surface area contributed by atoms with Crippen LogP contribution in [-0.2, 0) is 0 Å². The van der Waals surface area contributed by atoms with Gasteiger partial charge in [-0.05, 0) is 29.0 Å². The Morgan fingerprint density at radius 2 is 1.71 bits per heavy atom. The molecular formula is C11H9BrN2. The number of halogens is 1. The minimum Gasteiger partial charge on any atom is -0.384 e. The standard InChI is InChI=1S/C11H9BrN2/c12-10-4-3-7-5-9(11(13)14)2-1-8(7)6-10/h1-6H,(H3,13,14). The lowest BCUT2D eigenvalue weighted by Crippen LogP contribution is -2.10. The van der Waals surface area contributed by atoms with E-state index in [1.807, 2.05) is 36.4 Å². The number of nitrogen functional groups attached to an aromatic ring is 1. The van der Waals surface area contributed by atoms with Crippen LogP contribution >= 0.6 is 15.9 Å². The number of amidine groups is 1. The molecule has 0 aliphatic carbocycles. The van der Waals surface area contributed by atoms with Gasteiger partial charge in [-0.25, -0.2) is 0 Å². The largest absolute Gasteiger partial charge is 0.384 e. The van der Waals surface area contributed by atoms with E-state index in [1.165, 1.54) is 0 Å². The summed E-state index contributed by atoms with van der Waals surface area (Å²) in [5.74, 6) is 0.106. The molecule has 0 aromatic heterocycles. The minimum atomic E-state index is 0.106. The van der Waals surface area contributed by atoms with Crippen LogP contribution < -0.4 is 5.73 Å². The highest BCUT2D eigenvalue weighted by atomic mass is 79.9. The first-order chi connectivity index (χ1) is 6.66. The first-order valence-electron chi connectivity index (χ1n) is 4.20. The molecule has 0 radical (unpaired) electrons. The zero-order valence-corrected chi connectivity index (χ0v) is 9.01. The Bertz CT molecular complexity index is 506. The summed E-state index contributed by atoms with van der Waals surface area (Å²) in [6, 6.07) is 11.8. The molecule has 0 heterocycles. The van der Waals surface area contributed by atoms with Crippen molar-refractivity contribution in [2.24, 2.45) is 5.73 Å². The molecule has 70 valence electrons. The lowest BCUT2D eigenvalue weighted by atomic mass is 10.1. The summed E-state index contributed by atoms with van der Waals surface area (Å²) in [6.45, 7) is 0. The molecule has 3 heteroatoms. The highest BCUT2D eigenvalue weighted by Crippen LogP contribution is 2.20. The Morgan fingerprint density at radius 1 is 1.07 bits per heavy atom. The maximum atomic E-state index is 7.32. The van der Waals surface area contributed by atoms with Crippen LogP contribution in [0.3, 0.4) is 0 Å². The van der Waals surface area contributed by atoms with E-state index in [9.17, 15) is 0 Å². The molecule has 0 unspecified atom stereocenters. The molecule has 0 aliphatic heterocycles. The van der Waals surface area contributed by atoms with Gasteiger partial charge in [0.1, 0.15) is 5.84 Å². The van der Waals surface area contributed by atoms with E-state index < -0.39 is 0 Å². The summed E-state index contributed by atoms with van der Waals surface area (Å²) in [7, 11) is 0. The summed E-state index contributed by atoms with van der Waals surface area (Å²) in [6.07, 6.45) is 0. The van der Waals surface area contributed by atoms with Crippen molar-refractivity contribution in [2.75, 3.05) is 0 Å². The maximum Gasteiger partial charge on any atom is 0.122 e. The molecule has 0 saturated carbocycles. The summed E-state index contributed by atoms with van der Waals surface area (Å²) in [4.78, 5) is 0. The molecule has 3 N–H and O–H groups in total. The van der Waals surface area contributed by atoms with Gasteiger partial charge in [0.15, 0.2) is 0 Å². The fourth-order valence-corrected chi connectivity index (χ4v) is 1.76. The van der Waals surface area contributed by atoms with Gasteiger partial charge >= 0.3 is 0 Å². The molecule has 0 saturated heterocycles. The lowest BCUT2D eigenvalue weighted by molar-refractivity contribution is 1.43. The van der Waals surface area contributed by atoms with Crippen LogP contribution in [-0.4, -0.2) is 5.84 Å². The molecule has 2 aromatic rings. The molecule has 0 bridgehead atoms. The lowest BCUT2D eigenvalue weighted by Gasteiger charge is -2.02. The van der Waals surface area contributed by atoms with Gasteiger partial charge in [-0.3, -0.25) is 5.41 Å². The predicted molar refractivity (Wildman–Crippen MR) is 62.7 cm³/mol. The molecule has 2 rings (SSSR count). The fourth-order valence-electron chi connectivity index (χ4n) is 1.38. The first kappa shape index (κ1) is 9.21. The molecule has 2 nitrogen and oxygen atoms in total. The zero-order valence-electron chi connectivity index (χ0n) is 7.42. The molecule has 0 fully saturated rings. The molecule has 0 atom stereocenters. The summed E-state index contributed by atoms with van der Waals surface area (Å²) in [5.41, 5.74) is 6.17. The van der Waals surface area contributed by atoms with E-state index in [0.717, 1.165) is 20.8 Å². The van der Waals surface area contributed by atoms with Gasteiger partial charge < -0.3 is 5.73 Å². The van der Waals surface area contributed by atoms with Crippen molar-refractivity contribution in [1.82, 2.24) is 0 Å². The number of nitrogens with two attached hydrogens (primary N) is 1. The monoisotopic (exact) mass is 248 g/mol. The van der Waals surface area contributed by atoms with Gasteiger partial charge in [-0.1, -0.05) is 34.1 Å². The average molecular weight is 249 g/mol. The van der Waals surface area contributed by atoms with Gasteiger partial charge in [-0.15, -0.1) is 0 Å². The summed E-state index contributed by atoms with van der Waals surface area (Å²) in [5, 5.41) is 9.56. The van der Waals surface area contributed by atoms with Crippen molar-refractivity contribution < 1.29 is 0 Å². The molecule has 2 aromatic carbocycles. The van der Waals surface area contributed by atoms with Gasteiger partial charge in [0, 0.05) is 10.0 Å². The third-order valence-corrected chi connectivity index (χ3v) is 2.61. The van der Waals surface area contributed by atoms with E-state index in [0.29, 0.717) is 0 Å². The Kier molecular flexibility index (Phi) is 2.25. The average Bonchev–Trinajstić information content (AvgIpc) is 2.16. The van der Waals surface area contributed by atoms with E-state index in [4.69, 9.17) is 11.1 Å². The minimum absolute atomic E-state index is 0.106. The topological polar surface area (TPSA) is 49.9 Å². The number of benzene rings is 2. The van der Waals surface area contributed by atoms with E-state index in [1.54, 1.807) is 0 Å². The quantitative estimate of drug-likeness (QED) is 0.592. The van der Waals surface area contributed by atoms with Gasteiger partial charge in [-0.2, -0.15) is 0 Å². The second-order valence-corrected chi connectivity index (χ2v) is 4.04. The Morgan fingerprint density at radius 3 is 2.43 bits per heavy atom. The Balaban J connectivity index is 2.67. The number of hydrogen-bond donors (Lipinski definition) is 2. The van der Waals surface area contributed by atoms with E-state index >= 15 is 0 Å². The van der Waals surface area contributed by atoms with Gasteiger partial charge in [0.05, 0.1) is 0 Å². The van der Waals surface area contributed by atoms with Crippen molar-refractivity contribution in [2.45, 2.75) is 0 Å². The van der Waals surface area contributed by atoms with Gasteiger partial charge in [0.25, 0.3) is 0 Å². The van der Waals surface area contributed by atoms with Crippen molar-refractivity contribution in [3.05, 3.63) is 46.4 Å². The molecule has 0 aliphatic rings. The van der Waals surface area contributed by atoms with Gasteiger partial charge in [0.2, 0.25) is 0 Å². The maximum absolute atomic E-state index is 7.32. The molecule has 0 spiro atoms. The molecule has 14 heavy (non-hydrogen) atoms. The van der Waals surface area contributed by atoms with Crippen LogP contribution in [0.25, 0.3) is 10.8 Å². The highest BCUT2D eigenvalue weighted by Gasteiger charge is 1.98. The third-order valence-electron chi connectivity index (χ3n) is 2.11. The Labute approximate surface area is 90.4 Å². The van der Waals surface area contributed by atoms with E-state index in [2.05, 4.69) is 15.9 Å². The fraction of sp³-hybridized carbons (Fsp3) is 0. The number of rotatable bonds is 1. The van der Waals surface area contributed by atoms with Crippen LogP contribution in [0.2, 0.25) is 0 Å². The normalized spacial score (nSPS) is 10.4. The smallest absolute Gasteiger partial charge is 0.122 e. The highest BCUT2D eigenvalue weighted by molar-refractivity contribution is 9.10. The second kappa shape index (κ2) is 3.42. The Hall–Kier alpha value is -1.35. The number of nitrogens with one attached hydrogen (secondary N) is 1. The third kappa shape index (κ3) is 1.63. The number of fused-ring (bicyclic) bond motifs is 1. The molecular weight excluding hydrogens is 240 g/mol. The van der Waals surface area contributed by atoms with Crippen LogP contribution in [0.4, 0.5) is 0 Å². The van der Waals surface area contributed by atoms with Crippen molar-refractivity contribution in [3.8, 4) is 0 Å². The van der Waals surface area contributed by atoms with Crippen LogP contribution in [0, 0.1) is 5.41 Å². The molecule has 0 amide bonds. The van der Waals surface area contributed by atoms with Crippen molar-refractivity contribution in [1.29, 1.82) is 5.41 Å². The SMILES string of the molecule is N=C(N)c1ccc2cc(Br)ccc2c1. The van der Waals surface area contributed by atoms with Crippen LogP contribution in [0.15, 0.2) is 40.9 Å². The summed E-state index contributed by atoms with van der Waals surface area (Å²) >= 11 is 3.41. The van der Waals surface area contributed by atoms with Crippen LogP contribution in [0.1, 0.15) is 5.56 Å². The first-order valence-corrected chi connectivity index (χ1v) is 5.00. The predicted octanol–water partition coefficient (Wildman–Crippen LogP) is 2.89. The second-order valence-electron chi connectivity index (χ2n) is 3.12. The number of hydrogen-bond acceptors (Lipinski definition) is 1. The van der Waals surface area contributed by atoms with Crippen LogP contribution in [0.5, 0.6) is 0 Å². The zero-order chi connectivity index (χ0) is 10.1. The summed E-state index contributed by atoms with van der Waals surface area (Å²) < 4.78 is 1.06. The van der Waals surface area contributed by atoms with Crippen molar-refractivity contribution >= 4 is 32.5 Å².